The van der Waals surface area contributed by atoms with Gasteiger partial charge in [0.15, 0.2) is 0 Å². The number of pyridine rings is 1. The zero-order valence-electron chi connectivity index (χ0n) is 18.1. The van der Waals surface area contributed by atoms with Gasteiger partial charge in [0.05, 0.1) is 12.3 Å². The zero-order chi connectivity index (χ0) is 19.4. The van der Waals surface area contributed by atoms with Gasteiger partial charge in [0.1, 0.15) is 11.6 Å². The molecule has 3 rings (SSSR count). The van der Waals surface area contributed by atoms with Gasteiger partial charge in [-0.15, -0.1) is 0 Å². The van der Waals surface area contributed by atoms with E-state index in [0.717, 1.165) is 29.3 Å². The van der Waals surface area contributed by atoms with Crippen molar-refractivity contribution < 1.29 is 4.74 Å². The molecule has 0 aromatic carbocycles. The van der Waals surface area contributed by atoms with Gasteiger partial charge in [-0.1, -0.05) is 47.5 Å². The van der Waals surface area contributed by atoms with Crippen LogP contribution in [0.2, 0.25) is 0 Å². The Morgan fingerprint density at radius 3 is 2.33 bits per heavy atom. The maximum Gasteiger partial charge on any atom is 0.138 e. The highest BCUT2D eigenvalue weighted by atomic mass is 16.5. The van der Waals surface area contributed by atoms with Crippen LogP contribution >= 0.6 is 0 Å². The van der Waals surface area contributed by atoms with Gasteiger partial charge in [-0.25, -0.2) is 4.98 Å². The Kier molecular flexibility index (Phi) is 6.70. The van der Waals surface area contributed by atoms with Gasteiger partial charge in [-0.2, -0.15) is 0 Å². The SMILES string of the molecule is CC1CCCC(Nc2ccc(OC3CCC(C(C)(C)C)CC3)cn2)CC1C. The Hall–Kier alpha value is -1.25. The number of hydrogen-bond donors (Lipinski definition) is 1. The molecule has 0 spiro atoms. The van der Waals surface area contributed by atoms with Crippen molar-refractivity contribution in [2.45, 2.75) is 98.1 Å². The molecule has 3 nitrogen and oxygen atoms in total. The van der Waals surface area contributed by atoms with E-state index >= 15 is 0 Å². The van der Waals surface area contributed by atoms with E-state index < -0.39 is 0 Å². The van der Waals surface area contributed by atoms with Crippen molar-refractivity contribution in [1.29, 1.82) is 0 Å². The number of anilines is 1. The van der Waals surface area contributed by atoms with Gasteiger partial charge < -0.3 is 10.1 Å². The molecule has 2 aliphatic rings. The van der Waals surface area contributed by atoms with Crippen LogP contribution in [-0.2, 0) is 0 Å². The van der Waals surface area contributed by atoms with Gasteiger partial charge in [0, 0.05) is 6.04 Å². The summed E-state index contributed by atoms with van der Waals surface area (Å²) in [6.07, 6.45) is 12.3. The first kappa shape index (κ1) is 20.5. The standard InChI is InChI=1S/C24H40N2O/c1-17-7-6-8-20(15-18(17)2)26-23-14-13-22(16-25-23)27-21-11-9-19(10-12-21)24(3,4)5/h13-14,16-21H,6-12,15H2,1-5H3,(H,25,26). The smallest absolute Gasteiger partial charge is 0.138 e. The average Bonchev–Trinajstić information content (AvgIpc) is 2.77. The normalized spacial score (nSPS) is 32.6. The van der Waals surface area contributed by atoms with Gasteiger partial charge >= 0.3 is 0 Å². The van der Waals surface area contributed by atoms with E-state index in [9.17, 15) is 0 Å². The summed E-state index contributed by atoms with van der Waals surface area (Å²) < 4.78 is 6.22. The van der Waals surface area contributed by atoms with Crippen LogP contribution in [0.5, 0.6) is 5.75 Å². The summed E-state index contributed by atoms with van der Waals surface area (Å²) in [5, 5.41) is 3.66. The van der Waals surface area contributed by atoms with Crippen LogP contribution in [0.3, 0.4) is 0 Å². The number of ether oxygens (including phenoxy) is 1. The Balaban J connectivity index is 1.48. The lowest BCUT2D eigenvalue weighted by molar-refractivity contribution is 0.0880. The van der Waals surface area contributed by atoms with E-state index in [4.69, 9.17) is 4.74 Å². The van der Waals surface area contributed by atoms with Gasteiger partial charge in [0.25, 0.3) is 0 Å². The lowest BCUT2D eigenvalue weighted by Crippen LogP contribution is -2.30. The van der Waals surface area contributed by atoms with Crippen LogP contribution in [0.15, 0.2) is 18.3 Å². The molecule has 1 aromatic heterocycles. The van der Waals surface area contributed by atoms with Gasteiger partial charge in [-0.05, 0) is 73.8 Å². The predicted molar refractivity (Wildman–Crippen MR) is 114 cm³/mol. The Labute approximate surface area is 166 Å². The third kappa shape index (κ3) is 5.86. The molecule has 0 amide bonds. The molecule has 152 valence electrons. The van der Waals surface area contributed by atoms with Crippen LogP contribution in [0.1, 0.15) is 86.0 Å². The first-order chi connectivity index (χ1) is 12.8. The maximum atomic E-state index is 6.22. The number of hydrogen-bond acceptors (Lipinski definition) is 3. The summed E-state index contributed by atoms with van der Waals surface area (Å²) in [4.78, 5) is 4.63. The molecular weight excluding hydrogens is 332 g/mol. The highest BCUT2D eigenvalue weighted by molar-refractivity contribution is 5.38. The predicted octanol–water partition coefficient (Wildman–Crippen LogP) is 6.69. The number of rotatable bonds is 4. The maximum absolute atomic E-state index is 6.22. The first-order valence-corrected chi connectivity index (χ1v) is 11.2. The Morgan fingerprint density at radius 1 is 0.963 bits per heavy atom. The molecule has 0 radical (unpaired) electrons. The summed E-state index contributed by atoms with van der Waals surface area (Å²) in [6.45, 7) is 11.9. The van der Waals surface area contributed by atoms with Crippen molar-refractivity contribution in [3.63, 3.8) is 0 Å². The van der Waals surface area contributed by atoms with E-state index in [-0.39, 0.29) is 0 Å². The second kappa shape index (κ2) is 8.84. The first-order valence-electron chi connectivity index (χ1n) is 11.2. The second-order valence-electron chi connectivity index (χ2n) is 10.3. The third-order valence-corrected chi connectivity index (χ3v) is 7.13. The van der Waals surface area contributed by atoms with Crippen LogP contribution in [-0.4, -0.2) is 17.1 Å². The molecule has 0 saturated heterocycles. The summed E-state index contributed by atoms with van der Waals surface area (Å²) in [7, 11) is 0. The van der Waals surface area contributed by atoms with Gasteiger partial charge in [0.2, 0.25) is 0 Å². The largest absolute Gasteiger partial charge is 0.489 e. The molecule has 27 heavy (non-hydrogen) atoms. The molecule has 1 aromatic rings. The fourth-order valence-corrected chi connectivity index (χ4v) is 4.88. The van der Waals surface area contributed by atoms with E-state index in [1.807, 2.05) is 6.20 Å². The molecule has 2 aliphatic carbocycles. The summed E-state index contributed by atoms with van der Waals surface area (Å²) in [6, 6.07) is 4.74. The van der Waals surface area contributed by atoms with Crippen molar-refractivity contribution in [2.24, 2.45) is 23.2 Å². The van der Waals surface area contributed by atoms with Crippen LogP contribution < -0.4 is 10.1 Å². The van der Waals surface area contributed by atoms with Crippen molar-refractivity contribution in [2.75, 3.05) is 5.32 Å². The van der Waals surface area contributed by atoms with Crippen LogP contribution in [0.25, 0.3) is 0 Å². The van der Waals surface area contributed by atoms with Crippen molar-refractivity contribution >= 4 is 5.82 Å². The summed E-state index contributed by atoms with van der Waals surface area (Å²) in [5.41, 5.74) is 0.424. The summed E-state index contributed by atoms with van der Waals surface area (Å²) in [5.74, 6) is 4.37. The van der Waals surface area contributed by atoms with E-state index in [1.165, 1.54) is 51.4 Å². The minimum atomic E-state index is 0.355. The topological polar surface area (TPSA) is 34.1 Å². The minimum Gasteiger partial charge on any atom is -0.489 e. The molecule has 2 fully saturated rings. The molecule has 1 heterocycles. The lowest BCUT2D eigenvalue weighted by atomic mass is 9.72. The van der Waals surface area contributed by atoms with Crippen LogP contribution in [0.4, 0.5) is 5.82 Å². The third-order valence-electron chi connectivity index (χ3n) is 7.13. The van der Waals surface area contributed by atoms with Gasteiger partial charge in [-0.3, -0.25) is 0 Å². The van der Waals surface area contributed by atoms with Crippen LogP contribution in [0, 0.1) is 23.2 Å². The fourth-order valence-electron chi connectivity index (χ4n) is 4.88. The highest BCUT2D eigenvalue weighted by Crippen LogP contribution is 2.38. The quantitative estimate of drug-likeness (QED) is 0.598. The molecule has 3 atom stereocenters. The van der Waals surface area contributed by atoms with E-state index in [2.05, 4.69) is 57.1 Å². The Morgan fingerprint density at radius 2 is 1.70 bits per heavy atom. The molecule has 2 saturated carbocycles. The van der Waals surface area contributed by atoms with Crippen molar-refractivity contribution in [3.05, 3.63) is 18.3 Å². The molecular formula is C24H40N2O. The molecule has 3 heteroatoms. The number of aromatic nitrogens is 1. The average molecular weight is 373 g/mol. The lowest BCUT2D eigenvalue weighted by Gasteiger charge is -2.36. The molecule has 3 unspecified atom stereocenters. The second-order valence-corrected chi connectivity index (χ2v) is 10.3. The van der Waals surface area contributed by atoms with Crippen molar-refractivity contribution in [1.82, 2.24) is 4.98 Å². The Bertz CT molecular complexity index is 569. The monoisotopic (exact) mass is 372 g/mol. The molecule has 0 bridgehead atoms. The molecule has 1 N–H and O–H groups in total. The fraction of sp³-hybridized carbons (Fsp3) is 0.792. The zero-order valence-corrected chi connectivity index (χ0v) is 18.1. The van der Waals surface area contributed by atoms with E-state index in [0.29, 0.717) is 17.6 Å². The van der Waals surface area contributed by atoms with Crippen molar-refractivity contribution in [3.8, 4) is 5.75 Å². The number of nitrogens with zero attached hydrogens (tertiary/aromatic N) is 1. The molecule has 0 aliphatic heterocycles. The summed E-state index contributed by atoms with van der Waals surface area (Å²) >= 11 is 0. The highest BCUT2D eigenvalue weighted by Gasteiger charge is 2.30. The number of nitrogens with one attached hydrogen (secondary N) is 1. The minimum absolute atomic E-state index is 0.355. The van der Waals surface area contributed by atoms with E-state index in [1.54, 1.807) is 0 Å².